The summed E-state index contributed by atoms with van der Waals surface area (Å²) in [4.78, 5) is 0. The standard InChI is InChI=1S/C15H23NO2/c1-11(16)15(17)12-7-9-14(10-8-12)18-13-5-3-2-4-6-13/h7-11,13,15,17H,2-6,16H2,1H3. The molecule has 0 saturated heterocycles. The van der Waals surface area contributed by atoms with Gasteiger partial charge in [0.15, 0.2) is 0 Å². The molecular weight excluding hydrogens is 226 g/mol. The van der Waals surface area contributed by atoms with Gasteiger partial charge < -0.3 is 15.6 Å². The number of aliphatic hydroxyl groups is 1. The van der Waals surface area contributed by atoms with Crippen LogP contribution in [0.25, 0.3) is 0 Å². The van der Waals surface area contributed by atoms with Crippen molar-refractivity contribution < 1.29 is 9.84 Å². The maximum atomic E-state index is 9.84. The van der Waals surface area contributed by atoms with Crippen LogP contribution in [-0.4, -0.2) is 17.3 Å². The second-order valence-electron chi connectivity index (χ2n) is 5.25. The minimum absolute atomic E-state index is 0.255. The van der Waals surface area contributed by atoms with Crippen molar-refractivity contribution >= 4 is 0 Å². The second-order valence-corrected chi connectivity index (χ2v) is 5.25. The largest absolute Gasteiger partial charge is 0.490 e. The molecule has 1 aromatic carbocycles. The Morgan fingerprint density at radius 2 is 1.78 bits per heavy atom. The number of hydrogen-bond acceptors (Lipinski definition) is 3. The summed E-state index contributed by atoms with van der Waals surface area (Å²) in [5.41, 5.74) is 6.52. The maximum absolute atomic E-state index is 9.84. The van der Waals surface area contributed by atoms with Crippen molar-refractivity contribution in [3.8, 4) is 5.75 Å². The van der Waals surface area contributed by atoms with Crippen molar-refractivity contribution in [2.24, 2.45) is 5.73 Å². The molecule has 1 aliphatic carbocycles. The smallest absolute Gasteiger partial charge is 0.119 e. The van der Waals surface area contributed by atoms with Crippen LogP contribution in [-0.2, 0) is 0 Å². The van der Waals surface area contributed by atoms with E-state index in [0.29, 0.717) is 6.10 Å². The fourth-order valence-electron chi connectivity index (χ4n) is 2.42. The van der Waals surface area contributed by atoms with Gasteiger partial charge in [-0.3, -0.25) is 0 Å². The van der Waals surface area contributed by atoms with Crippen molar-refractivity contribution in [2.45, 2.75) is 57.3 Å². The van der Waals surface area contributed by atoms with Crippen molar-refractivity contribution in [2.75, 3.05) is 0 Å². The highest BCUT2D eigenvalue weighted by Crippen LogP contribution is 2.25. The summed E-state index contributed by atoms with van der Waals surface area (Å²) in [6, 6.07) is 7.39. The zero-order valence-corrected chi connectivity index (χ0v) is 11.0. The first-order valence-corrected chi connectivity index (χ1v) is 6.87. The Balaban J connectivity index is 1.94. The lowest BCUT2D eigenvalue weighted by molar-refractivity contribution is 0.150. The molecule has 0 bridgehead atoms. The molecule has 1 saturated carbocycles. The van der Waals surface area contributed by atoms with Crippen LogP contribution >= 0.6 is 0 Å². The van der Waals surface area contributed by atoms with Gasteiger partial charge in [-0.15, -0.1) is 0 Å². The number of nitrogens with two attached hydrogens (primary N) is 1. The zero-order valence-electron chi connectivity index (χ0n) is 11.0. The van der Waals surface area contributed by atoms with E-state index in [9.17, 15) is 5.11 Å². The molecule has 0 radical (unpaired) electrons. The lowest BCUT2D eigenvalue weighted by Gasteiger charge is -2.23. The van der Waals surface area contributed by atoms with E-state index < -0.39 is 6.10 Å². The molecule has 3 N–H and O–H groups in total. The van der Waals surface area contributed by atoms with Gasteiger partial charge in [-0.1, -0.05) is 18.6 Å². The van der Waals surface area contributed by atoms with E-state index in [0.717, 1.165) is 24.2 Å². The fourth-order valence-corrected chi connectivity index (χ4v) is 2.42. The lowest BCUT2D eigenvalue weighted by atomic mass is 9.98. The highest BCUT2D eigenvalue weighted by Gasteiger charge is 2.16. The predicted octanol–water partition coefficient (Wildman–Crippen LogP) is 2.78. The molecule has 1 fully saturated rings. The molecule has 18 heavy (non-hydrogen) atoms. The highest BCUT2D eigenvalue weighted by atomic mass is 16.5. The van der Waals surface area contributed by atoms with Crippen molar-refractivity contribution in [3.63, 3.8) is 0 Å². The van der Waals surface area contributed by atoms with E-state index in [-0.39, 0.29) is 6.04 Å². The third-order valence-electron chi connectivity index (χ3n) is 3.57. The third-order valence-corrected chi connectivity index (χ3v) is 3.57. The average Bonchev–Trinajstić information content (AvgIpc) is 2.40. The van der Waals surface area contributed by atoms with Gasteiger partial charge in [0, 0.05) is 6.04 Å². The highest BCUT2D eigenvalue weighted by molar-refractivity contribution is 5.29. The van der Waals surface area contributed by atoms with Crippen molar-refractivity contribution in [1.82, 2.24) is 0 Å². The van der Waals surface area contributed by atoms with Crippen LogP contribution in [0.2, 0.25) is 0 Å². The monoisotopic (exact) mass is 249 g/mol. The number of ether oxygens (including phenoxy) is 1. The van der Waals surface area contributed by atoms with E-state index >= 15 is 0 Å². The molecule has 2 unspecified atom stereocenters. The third kappa shape index (κ3) is 3.47. The fraction of sp³-hybridized carbons (Fsp3) is 0.600. The van der Waals surface area contributed by atoms with Gasteiger partial charge >= 0.3 is 0 Å². The predicted molar refractivity (Wildman–Crippen MR) is 72.6 cm³/mol. The summed E-state index contributed by atoms with van der Waals surface area (Å²) < 4.78 is 5.94. The molecule has 0 aliphatic heterocycles. The van der Waals surface area contributed by atoms with Gasteiger partial charge in [0.2, 0.25) is 0 Å². The topological polar surface area (TPSA) is 55.5 Å². The van der Waals surface area contributed by atoms with Crippen LogP contribution in [0, 0.1) is 0 Å². The second kappa shape index (κ2) is 6.21. The molecule has 100 valence electrons. The van der Waals surface area contributed by atoms with Gasteiger partial charge in [0.25, 0.3) is 0 Å². The molecule has 3 nitrogen and oxygen atoms in total. The molecule has 1 aliphatic rings. The van der Waals surface area contributed by atoms with Crippen LogP contribution < -0.4 is 10.5 Å². The Bertz CT molecular complexity index is 355. The molecule has 0 heterocycles. The van der Waals surface area contributed by atoms with E-state index in [1.165, 1.54) is 19.3 Å². The first kappa shape index (κ1) is 13.4. The number of rotatable bonds is 4. The summed E-state index contributed by atoms with van der Waals surface area (Å²) in [5, 5.41) is 9.84. The van der Waals surface area contributed by atoms with Crippen LogP contribution in [0.4, 0.5) is 0 Å². The van der Waals surface area contributed by atoms with E-state index in [1.807, 2.05) is 24.3 Å². The normalized spacial score (nSPS) is 20.4. The molecule has 0 amide bonds. The average molecular weight is 249 g/mol. The summed E-state index contributed by atoms with van der Waals surface area (Å²) in [7, 11) is 0. The molecule has 1 aromatic rings. The van der Waals surface area contributed by atoms with Crippen LogP contribution in [0.1, 0.15) is 50.7 Å². The molecule has 0 spiro atoms. The molecule has 0 aromatic heterocycles. The Hall–Kier alpha value is -1.06. The maximum Gasteiger partial charge on any atom is 0.119 e. The number of benzene rings is 1. The van der Waals surface area contributed by atoms with Crippen molar-refractivity contribution in [1.29, 1.82) is 0 Å². The first-order valence-electron chi connectivity index (χ1n) is 6.87. The minimum Gasteiger partial charge on any atom is -0.490 e. The minimum atomic E-state index is -0.603. The SMILES string of the molecule is CC(N)C(O)c1ccc(OC2CCCCC2)cc1. The van der Waals surface area contributed by atoms with Gasteiger partial charge in [0.1, 0.15) is 5.75 Å². The summed E-state index contributed by atoms with van der Waals surface area (Å²) in [6.07, 6.45) is 5.95. The van der Waals surface area contributed by atoms with E-state index in [1.54, 1.807) is 6.92 Å². The van der Waals surface area contributed by atoms with Crippen LogP contribution in [0.3, 0.4) is 0 Å². The number of aliphatic hydroxyl groups excluding tert-OH is 1. The summed E-state index contributed by atoms with van der Waals surface area (Å²) >= 11 is 0. The van der Waals surface area contributed by atoms with Crippen LogP contribution in [0.5, 0.6) is 5.75 Å². The Kier molecular flexibility index (Phi) is 4.61. The quantitative estimate of drug-likeness (QED) is 0.862. The van der Waals surface area contributed by atoms with E-state index in [4.69, 9.17) is 10.5 Å². The molecule has 2 atom stereocenters. The van der Waals surface area contributed by atoms with Gasteiger partial charge in [-0.25, -0.2) is 0 Å². The zero-order chi connectivity index (χ0) is 13.0. The van der Waals surface area contributed by atoms with E-state index in [2.05, 4.69) is 0 Å². The van der Waals surface area contributed by atoms with Crippen LogP contribution in [0.15, 0.2) is 24.3 Å². The first-order chi connectivity index (χ1) is 8.66. The molecular formula is C15H23NO2. The Morgan fingerprint density at radius 3 is 2.33 bits per heavy atom. The summed E-state index contributed by atoms with van der Waals surface area (Å²) in [5.74, 6) is 0.891. The molecule has 3 heteroatoms. The molecule has 2 rings (SSSR count). The summed E-state index contributed by atoms with van der Waals surface area (Å²) in [6.45, 7) is 1.80. The Labute approximate surface area is 109 Å². The lowest BCUT2D eigenvalue weighted by Crippen LogP contribution is -2.24. The van der Waals surface area contributed by atoms with Gasteiger partial charge in [0.05, 0.1) is 12.2 Å². The Morgan fingerprint density at radius 1 is 1.17 bits per heavy atom. The van der Waals surface area contributed by atoms with Gasteiger partial charge in [-0.05, 0) is 50.3 Å². The van der Waals surface area contributed by atoms with Gasteiger partial charge in [-0.2, -0.15) is 0 Å². The van der Waals surface area contributed by atoms with Crippen molar-refractivity contribution in [3.05, 3.63) is 29.8 Å². The number of hydrogen-bond donors (Lipinski definition) is 2.